The molecule has 1 aromatic rings. The summed E-state index contributed by atoms with van der Waals surface area (Å²) in [4.78, 5) is 2.60. The Morgan fingerprint density at radius 1 is 1.24 bits per heavy atom. The second-order valence-electron chi connectivity index (χ2n) is 6.74. The van der Waals surface area contributed by atoms with Crippen molar-refractivity contribution in [2.45, 2.75) is 25.9 Å². The molecule has 0 aliphatic carbocycles. The molecule has 116 valence electrons. The molecular formula is C17H26N2O2. The Bertz CT molecular complexity index is 516. The highest BCUT2D eigenvalue weighted by molar-refractivity contribution is 5.40. The number of nitrogens with zero attached hydrogens (tertiary/aromatic N) is 1. The maximum absolute atomic E-state index is 5.52. The molecule has 1 aromatic carbocycles. The van der Waals surface area contributed by atoms with Gasteiger partial charge < -0.3 is 14.8 Å². The molecule has 4 nitrogen and oxygen atoms in total. The fraction of sp³-hybridized carbons (Fsp3) is 0.647. The van der Waals surface area contributed by atoms with Crippen LogP contribution in [0, 0.1) is 11.8 Å². The van der Waals surface area contributed by atoms with E-state index in [-0.39, 0.29) is 5.54 Å². The Balaban J connectivity index is 1.83. The van der Waals surface area contributed by atoms with Crippen LogP contribution < -0.4 is 14.8 Å². The van der Waals surface area contributed by atoms with E-state index in [9.17, 15) is 0 Å². The van der Waals surface area contributed by atoms with E-state index in [1.165, 1.54) is 5.56 Å². The molecule has 3 rings (SSSR count). The Kier molecular flexibility index (Phi) is 3.84. The lowest BCUT2D eigenvalue weighted by Gasteiger charge is -2.36. The van der Waals surface area contributed by atoms with Crippen molar-refractivity contribution in [1.29, 1.82) is 0 Å². The summed E-state index contributed by atoms with van der Waals surface area (Å²) in [5.41, 5.74) is 1.43. The molecule has 2 fully saturated rings. The normalized spacial score (nSPS) is 27.6. The van der Waals surface area contributed by atoms with Crippen molar-refractivity contribution in [3.05, 3.63) is 23.8 Å². The third-order valence-electron chi connectivity index (χ3n) is 5.37. The lowest BCUT2D eigenvalue weighted by Crippen LogP contribution is -2.43. The van der Waals surface area contributed by atoms with Crippen LogP contribution in [-0.4, -0.2) is 44.3 Å². The van der Waals surface area contributed by atoms with Gasteiger partial charge in [-0.05, 0) is 50.4 Å². The number of nitrogens with one attached hydrogen (secondary N) is 1. The van der Waals surface area contributed by atoms with Gasteiger partial charge in [0.2, 0.25) is 0 Å². The first kappa shape index (κ1) is 14.7. The highest BCUT2D eigenvalue weighted by Crippen LogP contribution is 2.42. The van der Waals surface area contributed by atoms with E-state index in [4.69, 9.17) is 9.47 Å². The second-order valence-corrected chi connectivity index (χ2v) is 6.74. The van der Waals surface area contributed by atoms with Crippen LogP contribution in [0.1, 0.15) is 19.4 Å². The number of hydrogen-bond donors (Lipinski definition) is 1. The minimum atomic E-state index is 0.224. The van der Waals surface area contributed by atoms with Crippen molar-refractivity contribution in [3.63, 3.8) is 0 Å². The van der Waals surface area contributed by atoms with Gasteiger partial charge in [0, 0.05) is 30.7 Å². The number of likely N-dealkylation sites (tertiary alicyclic amines) is 1. The minimum Gasteiger partial charge on any atom is -0.497 e. The van der Waals surface area contributed by atoms with Gasteiger partial charge in [0.15, 0.2) is 0 Å². The van der Waals surface area contributed by atoms with E-state index in [2.05, 4.69) is 30.1 Å². The van der Waals surface area contributed by atoms with E-state index < -0.39 is 0 Å². The number of fused-ring (bicyclic) bond motifs is 1. The van der Waals surface area contributed by atoms with Crippen LogP contribution in [0.2, 0.25) is 0 Å². The van der Waals surface area contributed by atoms with Crippen LogP contribution in [0.15, 0.2) is 18.2 Å². The fourth-order valence-corrected chi connectivity index (χ4v) is 3.98. The Labute approximate surface area is 127 Å². The van der Waals surface area contributed by atoms with E-state index in [0.29, 0.717) is 0 Å². The van der Waals surface area contributed by atoms with E-state index >= 15 is 0 Å². The Hall–Kier alpha value is -1.26. The third kappa shape index (κ3) is 2.51. The van der Waals surface area contributed by atoms with Crippen LogP contribution >= 0.6 is 0 Å². The first-order chi connectivity index (χ1) is 10.1. The monoisotopic (exact) mass is 290 g/mol. The summed E-state index contributed by atoms with van der Waals surface area (Å²) >= 11 is 0. The molecule has 21 heavy (non-hydrogen) atoms. The van der Waals surface area contributed by atoms with Crippen LogP contribution in [0.25, 0.3) is 0 Å². The van der Waals surface area contributed by atoms with Gasteiger partial charge in [-0.2, -0.15) is 0 Å². The number of hydrogen-bond acceptors (Lipinski definition) is 4. The molecule has 2 aliphatic rings. The average Bonchev–Trinajstić information content (AvgIpc) is 3.02. The van der Waals surface area contributed by atoms with Gasteiger partial charge in [0.25, 0.3) is 0 Å². The van der Waals surface area contributed by atoms with Gasteiger partial charge in [0.05, 0.1) is 14.2 Å². The molecule has 0 radical (unpaired) electrons. The van der Waals surface area contributed by atoms with E-state index in [1.54, 1.807) is 14.2 Å². The minimum absolute atomic E-state index is 0.224. The predicted molar refractivity (Wildman–Crippen MR) is 83.9 cm³/mol. The summed E-state index contributed by atoms with van der Waals surface area (Å²) in [6.45, 7) is 9.11. The zero-order valence-corrected chi connectivity index (χ0v) is 13.5. The summed E-state index contributed by atoms with van der Waals surface area (Å²) in [7, 11) is 3.44. The van der Waals surface area contributed by atoms with Gasteiger partial charge in [-0.3, -0.25) is 4.90 Å². The van der Waals surface area contributed by atoms with Gasteiger partial charge in [-0.25, -0.2) is 0 Å². The van der Waals surface area contributed by atoms with Crippen LogP contribution in [0.4, 0.5) is 0 Å². The summed E-state index contributed by atoms with van der Waals surface area (Å²) in [5, 5.41) is 3.53. The van der Waals surface area contributed by atoms with Crippen molar-refractivity contribution >= 4 is 0 Å². The first-order valence-corrected chi connectivity index (χ1v) is 7.73. The van der Waals surface area contributed by atoms with Crippen LogP contribution in [0.5, 0.6) is 11.5 Å². The molecule has 2 unspecified atom stereocenters. The van der Waals surface area contributed by atoms with Crippen molar-refractivity contribution in [2.24, 2.45) is 11.8 Å². The zero-order chi connectivity index (χ0) is 15.0. The predicted octanol–water partition coefficient (Wildman–Crippen LogP) is 2.13. The molecular weight excluding hydrogens is 264 g/mol. The van der Waals surface area contributed by atoms with E-state index in [0.717, 1.165) is 49.5 Å². The zero-order valence-electron chi connectivity index (χ0n) is 13.5. The number of methoxy groups -OCH3 is 2. The highest BCUT2D eigenvalue weighted by atomic mass is 16.5. The molecule has 0 aromatic heterocycles. The number of benzene rings is 1. The summed E-state index contributed by atoms with van der Waals surface area (Å²) in [5.74, 6) is 3.36. The molecule has 2 aliphatic heterocycles. The SMILES string of the molecule is COc1ccc(OC)c(CN2CC3CNCC3C2(C)C)c1. The molecule has 2 heterocycles. The molecule has 2 atom stereocenters. The topological polar surface area (TPSA) is 33.7 Å². The van der Waals surface area contributed by atoms with E-state index in [1.807, 2.05) is 12.1 Å². The van der Waals surface area contributed by atoms with Gasteiger partial charge in [0.1, 0.15) is 11.5 Å². The van der Waals surface area contributed by atoms with Crippen molar-refractivity contribution in [3.8, 4) is 11.5 Å². The molecule has 0 bridgehead atoms. The number of rotatable bonds is 4. The summed E-state index contributed by atoms with van der Waals surface area (Å²) in [6.07, 6.45) is 0. The van der Waals surface area contributed by atoms with Crippen LogP contribution in [-0.2, 0) is 6.54 Å². The molecule has 0 amide bonds. The van der Waals surface area contributed by atoms with Gasteiger partial charge >= 0.3 is 0 Å². The fourth-order valence-electron chi connectivity index (χ4n) is 3.98. The number of ether oxygens (including phenoxy) is 2. The molecule has 1 N–H and O–H groups in total. The van der Waals surface area contributed by atoms with Gasteiger partial charge in [-0.1, -0.05) is 0 Å². The molecule has 2 saturated heterocycles. The largest absolute Gasteiger partial charge is 0.497 e. The van der Waals surface area contributed by atoms with Gasteiger partial charge in [-0.15, -0.1) is 0 Å². The molecule has 0 saturated carbocycles. The molecule has 4 heteroatoms. The Morgan fingerprint density at radius 2 is 2.05 bits per heavy atom. The lowest BCUT2D eigenvalue weighted by atomic mass is 9.85. The van der Waals surface area contributed by atoms with Crippen molar-refractivity contribution < 1.29 is 9.47 Å². The van der Waals surface area contributed by atoms with Crippen molar-refractivity contribution in [2.75, 3.05) is 33.9 Å². The van der Waals surface area contributed by atoms with Crippen molar-refractivity contribution in [1.82, 2.24) is 10.2 Å². The third-order valence-corrected chi connectivity index (χ3v) is 5.37. The Morgan fingerprint density at radius 3 is 2.71 bits per heavy atom. The molecule has 0 spiro atoms. The average molecular weight is 290 g/mol. The second kappa shape index (κ2) is 5.50. The lowest BCUT2D eigenvalue weighted by molar-refractivity contribution is 0.130. The smallest absolute Gasteiger partial charge is 0.123 e. The maximum atomic E-state index is 5.52. The highest BCUT2D eigenvalue weighted by Gasteiger charge is 2.49. The van der Waals surface area contributed by atoms with Crippen LogP contribution in [0.3, 0.4) is 0 Å². The summed E-state index contributed by atoms with van der Waals surface area (Å²) in [6, 6.07) is 6.05. The standard InChI is InChI=1S/C17H26N2O2/c1-17(2)15-9-18-8-13(15)11-19(17)10-12-7-14(20-3)5-6-16(12)21-4/h5-7,13,15,18H,8-11H2,1-4H3. The maximum Gasteiger partial charge on any atom is 0.123 e. The summed E-state index contributed by atoms with van der Waals surface area (Å²) < 4.78 is 10.9. The quantitative estimate of drug-likeness (QED) is 0.921. The first-order valence-electron chi connectivity index (χ1n) is 7.73.